The van der Waals surface area contributed by atoms with E-state index >= 15 is 0 Å². The summed E-state index contributed by atoms with van der Waals surface area (Å²) >= 11 is 0. The number of hydrogen-bond donors (Lipinski definition) is 1. The van der Waals surface area contributed by atoms with Crippen LogP contribution in [-0.2, 0) is 0 Å². The van der Waals surface area contributed by atoms with Gasteiger partial charge in [0.2, 0.25) is 0 Å². The van der Waals surface area contributed by atoms with Gasteiger partial charge in [-0.2, -0.15) is 0 Å². The van der Waals surface area contributed by atoms with Crippen LogP contribution in [0.3, 0.4) is 0 Å². The van der Waals surface area contributed by atoms with Crippen LogP contribution in [0.2, 0.25) is 0 Å². The summed E-state index contributed by atoms with van der Waals surface area (Å²) in [5.74, 6) is 1.04. The highest BCUT2D eigenvalue weighted by Gasteiger charge is 2.24. The lowest BCUT2D eigenvalue weighted by molar-refractivity contribution is 0.102. The molecule has 2 aliphatic rings. The van der Waals surface area contributed by atoms with Crippen molar-refractivity contribution in [1.82, 2.24) is 4.98 Å². The Morgan fingerprint density at radius 2 is 2.08 bits per heavy atom. The highest BCUT2D eigenvalue weighted by atomic mass is 19.1. The Balaban J connectivity index is 1.55. The van der Waals surface area contributed by atoms with Gasteiger partial charge in [0.15, 0.2) is 0 Å². The number of aromatic nitrogens is 1. The van der Waals surface area contributed by atoms with Gasteiger partial charge < -0.3 is 15.0 Å². The molecule has 4 rings (SSSR count). The monoisotopic (exact) mass is 355 g/mol. The zero-order chi connectivity index (χ0) is 17.9. The van der Waals surface area contributed by atoms with Crippen molar-refractivity contribution in [2.24, 2.45) is 5.92 Å². The summed E-state index contributed by atoms with van der Waals surface area (Å²) in [6.07, 6.45) is 6.22. The van der Waals surface area contributed by atoms with Crippen molar-refractivity contribution < 1.29 is 13.9 Å². The Kier molecular flexibility index (Phi) is 4.73. The molecule has 0 unspecified atom stereocenters. The van der Waals surface area contributed by atoms with Gasteiger partial charge in [-0.3, -0.25) is 4.79 Å². The van der Waals surface area contributed by atoms with Crippen LogP contribution in [0.4, 0.5) is 15.9 Å². The second-order valence-corrected chi connectivity index (χ2v) is 6.92. The van der Waals surface area contributed by atoms with E-state index < -0.39 is 5.82 Å². The van der Waals surface area contributed by atoms with E-state index in [-0.39, 0.29) is 5.91 Å². The number of anilines is 2. The number of pyridine rings is 1. The Labute approximate surface area is 152 Å². The van der Waals surface area contributed by atoms with E-state index in [9.17, 15) is 9.18 Å². The molecule has 5 nitrogen and oxygen atoms in total. The molecule has 0 atom stereocenters. The fourth-order valence-electron chi connectivity index (χ4n) is 3.16. The molecule has 1 aliphatic carbocycles. The second-order valence-electron chi connectivity index (χ2n) is 6.92. The van der Waals surface area contributed by atoms with Gasteiger partial charge in [0.1, 0.15) is 17.4 Å². The predicted molar refractivity (Wildman–Crippen MR) is 98.3 cm³/mol. The summed E-state index contributed by atoms with van der Waals surface area (Å²) in [6, 6.07) is 7.70. The number of carbonyl (C=O) groups is 1. The van der Waals surface area contributed by atoms with Crippen molar-refractivity contribution in [2.75, 3.05) is 29.9 Å². The molecule has 136 valence electrons. The Hall–Kier alpha value is -2.63. The zero-order valence-corrected chi connectivity index (χ0v) is 14.6. The average molecular weight is 355 g/mol. The van der Waals surface area contributed by atoms with Gasteiger partial charge >= 0.3 is 0 Å². The first-order chi connectivity index (χ1) is 12.7. The van der Waals surface area contributed by atoms with Crippen LogP contribution in [0.15, 0.2) is 36.5 Å². The van der Waals surface area contributed by atoms with Crippen LogP contribution in [0.1, 0.15) is 36.0 Å². The van der Waals surface area contributed by atoms with Gasteiger partial charge in [0.05, 0.1) is 17.9 Å². The normalized spacial score (nSPS) is 16.6. The number of hydrogen-bond acceptors (Lipinski definition) is 4. The van der Waals surface area contributed by atoms with Crippen molar-refractivity contribution in [1.29, 1.82) is 0 Å². The average Bonchev–Trinajstić information content (AvgIpc) is 3.32. The van der Waals surface area contributed by atoms with E-state index in [2.05, 4.69) is 15.2 Å². The van der Waals surface area contributed by atoms with Crippen molar-refractivity contribution in [3.63, 3.8) is 0 Å². The van der Waals surface area contributed by atoms with Gasteiger partial charge in [-0.15, -0.1) is 0 Å². The smallest absolute Gasteiger partial charge is 0.259 e. The van der Waals surface area contributed by atoms with E-state index in [0.717, 1.165) is 38.8 Å². The third-order valence-electron chi connectivity index (χ3n) is 4.80. The summed E-state index contributed by atoms with van der Waals surface area (Å²) in [4.78, 5) is 19.4. The highest BCUT2D eigenvalue weighted by molar-refractivity contribution is 6.08. The Morgan fingerprint density at radius 1 is 1.27 bits per heavy atom. The van der Waals surface area contributed by atoms with E-state index in [1.54, 1.807) is 24.4 Å². The molecule has 0 spiro atoms. The van der Waals surface area contributed by atoms with Gasteiger partial charge in [0, 0.05) is 25.4 Å². The molecule has 0 bridgehead atoms. The lowest BCUT2D eigenvalue weighted by Crippen LogP contribution is -2.24. The minimum Gasteiger partial charge on any atom is -0.491 e. The molecule has 6 heteroatoms. The van der Waals surface area contributed by atoms with Crippen LogP contribution in [-0.4, -0.2) is 30.6 Å². The number of carbonyl (C=O) groups excluding carboxylic acids is 1. The minimum atomic E-state index is -0.412. The topological polar surface area (TPSA) is 54.5 Å². The summed E-state index contributed by atoms with van der Waals surface area (Å²) in [6.45, 7) is 2.39. The van der Waals surface area contributed by atoms with E-state index in [1.165, 1.54) is 12.1 Å². The number of benzene rings is 1. The van der Waals surface area contributed by atoms with Gasteiger partial charge in [-0.25, -0.2) is 9.37 Å². The summed E-state index contributed by atoms with van der Waals surface area (Å²) in [7, 11) is 0. The molecular formula is C20H22FN3O2. The third-order valence-corrected chi connectivity index (χ3v) is 4.80. The third kappa shape index (κ3) is 3.79. The van der Waals surface area contributed by atoms with Crippen LogP contribution in [0, 0.1) is 11.7 Å². The van der Waals surface area contributed by atoms with E-state index in [0.29, 0.717) is 35.3 Å². The van der Waals surface area contributed by atoms with Crippen molar-refractivity contribution in [3.8, 4) is 5.75 Å². The van der Waals surface area contributed by atoms with E-state index in [4.69, 9.17) is 4.74 Å². The van der Waals surface area contributed by atoms with Gasteiger partial charge in [-0.05, 0) is 55.9 Å². The predicted octanol–water partition coefficient (Wildman–Crippen LogP) is 3.86. The standard InChI is InChI=1S/C20H22FN3O2/c21-15-7-8-18(26-13-14-5-6-14)17(12-15)23-20(25)16-4-3-9-22-19(16)24-10-1-2-11-24/h3-4,7-9,12,14H,1-2,5-6,10-11,13H2,(H,23,25). The molecular weight excluding hydrogens is 333 g/mol. The van der Waals surface area contributed by atoms with Crippen LogP contribution in [0.25, 0.3) is 0 Å². The fraction of sp³-hybridized carbons (Fsp3) is 0.400. The number of rotatable bonds is 6. The first-order valence-corrected chi connectivity index (χ1v) is 9.14. The maximum absolute atomic E-state index is 13.7. The second kappa shape index (κ2) is 7.32. The SMILES string of the molecule is O=C(Nc1cc(F)ccc1OCC1CC1)c1cccnc1N1CCCC1. The first-order valence-electron chi connectivity index (χ1n) is 9.14. The van der Waals surface area contributed by atoms with Crippen LogP contribution in [0.5, 0.6) is 5.75 Å². The number of halogens is 1. The molecule has 1 saturated heterocycles. The number of nitrogens with zero attached hydrogens (tertiary/aromatic N) is 2. The molecule has 1 N–H and O–H groups in total. The summed E-state index contributed by atoms with van der Waals surface area (Å²) in [5, 5.41) is 2.81. The largest absolute Gasteiger partial charge is 0.491 e. The molecule has 1 aromatic heterocycles. The fourth-order valence-corrected chi connectivity index (χ4v) is 3.16. The summed E-state index contributed by atoms with van der Waals surface area (Å²) in [5.41, 5.74) is 0.846. The highest BCUT2D eigenvalue weighted by Crippen LogP contribution is 2.32. The molecule has 1 saturated carbocycles. The summed E-state index contributed by atoms with van der Waals surface area (Å²) < 4.78 is 19.5. The molecule has 26 heavy (non-hydrogen) atoms. The number of nitrogens with one attached hydrogen (secondary N) is 1. The number of amides is 1. The molecule has 0 radical (unpaired) electrons. The molecule has 2 heterocycles. The first kappa shape index (κ1) is 16.8. The van der Waals surface area contributed by atoms with Crippen molar-refractivity contribution >= 4 is 17.4 Å². The van der Waals surface area contributed by atoms with Gasteiger partial charge in [-0.1, -0.05) is 0 Å². The van der Waals surface area contributed by atoms with E-state index in [1.807, 2.05) is 0 Å². The molecule has 1 amide bonds. The Bertz CT molecular complexity index is 801. The minimum absolute atomic E-state index is 0.304. The molecule has 2 aromatic rings. The van der Waals surface area contributed by atoms with Crippen molar-refractivity contribution in [3.05, 3.63) is 47.9 Å². The number of ether oxygens (including phenoxy) is 1. The van der Waals surface area contributed by atoms with Crippen LogP contribution < -0.4 is 15.0 Å². The zero-order valence-electron chi connectivity index (χ0n) is 14.6. The van der Waals surface area contributed by atoms with Crippen molar-refractivity contribution in [2.45, 2.75) is 25.7 Å². The van der Waals surface area contributed by atoms with Crippen LogP contribution >= 0.6 is 0 Å². The molecule has 2 fully saturated rings. The quantitative estimate of drug-likeness (QED) is 0.855. The van der Waals surface area contributed by atoms with Gasteiger partial charge in [0.25, 0.3) is 5.91 Å². The lowest BCUT2D eigenvalue weighted by atomic mass is 10.2. The Morgan fingerprint density at radius 3 is 2.85 bits per heavy atom. The maximum atomic E-state index is 13.7. The lowest BCUT2D eigenvalue weighted by Gasteiger charge is -2.20. The molecule has 1 aromatic carbocycles. The maximum Gasteiger partial charge on any atom is 0.259 e. The molecule has 1 aliphatic heterocycles.